The number of thioether (sulfide) groups is 1. The van der Waals surface area contributed by atoms with Crippen molar-refractivity contribution in [3.63, 3.8) is 0 Å². The summed E-state index contributed by atoms with van der Waals surface area (Å²) in [6.07, 6.45) is 0. The smallest absolute Gasteiger partial charge is 0.0504 e. The zero-order valence-corrected chi connectivity index (χ0v) is 14.5. The molecule has 0 aliphatic carbocycles. The zero-order chi connectivity index (χ0) is 13.8. The molecule has 2 aromatic rings. The number of halogens is 2. The summed E-state index contributed by atoms with van der Waals surface area (Å²) in [7, 11) is 0. The van der Waals surface area contributed by atoms with Crippen LogP contribution in [0.5, 0.6) is 0 Å². The Hall–Kier alpha value is -0.290. The Bertz CT molecular complexity index is 557. The van der Waals surface area contributed by atoms with E-state index in [-0.39, 0.29) is 11.3 Å². The molecule has 2 atom stereocenters. The fraction of sp³-hybridized carbons (Fsp3) is 0.200. The van der Waals surface area contributed by atoms with Crippen molar-refractivity contribution in [2.75, 3.05) is 0 Å². The van der Waals surface area contributed by atoms with E-state index in [4.69, 9.17) is 5.73 Å². The normalized spacial score (nSPS) is 14.1. The van der Waals surface area contributed by atoms with Crippen molar-refractivity contribution >= 4 is 43.6 Å². The average molecular weight is 401 g/mol. The van der Waals surface area contributed by atoms with Crippen LogP contribution >= 0.6 is 43.6 Å². The molecule has 0 aromatic heterocycles. The molecule has 100 valence electrons. The molecule has 0 aliphatic heterocycles. The highest BCUT2D eigenvalue weighted by atomic mass is 79.9. The molecule has 0 heterocycles. The van der Waals surface area contributed by atoms with E-state index < -0.39 is 0 Å². The van der Waals surface area contributed by atoms with Gasteiger partial charge in [0.25, 0.3) is 0 Å². The number of nitrogens with two attached hydrogens (primary N) is 1. The van der Waals surface area contributed by atoms with Gasteiger partial charge in [0.05, 0.1) is 5.25 Å². The van der Waals surface area contributed by atoms with E-state index in [1.807, 2.05) is 18.2 Å². The van der Waals surface area contributed by atoms with Gasteiger partial charge in [-0.05, 0) is 36.8 Å². The van der Waals surface area contributed by atoms with Crippen molar-refractivity contribution in [1.29, 1.82) is 0 Å². The fourth-order valence-corrected chi connectivity index (χ4v) is 4.27. The van der Waals surface area contributed by atoms with Crippen LogP contribution < -0.4 is 5.73 Å². The van der Waals surface area contributed by atoms with Crippen LogP contribution in [0.2, 0.25) is 0 Å². The molecule has 0 fully saturated rings. The SMILES string of the molecule is CC(N)C(Sc1cccc(Br)c1)c1ccccc1Br. The summed E-state index contributed by atoms with van der Waals surface area (Å²) in [5.41, 5.74) is 7.41. The van der Waals surface area contributed by atoms with Crippen molar-refractivity contribution < 1.29 is 0 Å². The topological polar surface area (TPSA) is 26.0 Å². The lowest BCUT2D eigenvalue weighted by Crippen LogP contribution is -2.22. The zero-order valence-electron chi connectivity index (χ0n) is 10.5. The van der Waals surface area contributed by atoms with Gasteiger partial charge in [0.2, 0.25) is 0 Å². The van der Waals surface area contributed by atoms with Crippen LogP contribution in [0.25, 0.3) is 0 Å². The Morgan fingerprint density at radius 3 is 2.42 bits per heavy atom. The number of rotatable bonds is 4. The first-order valence-electron chi connectivity index (χ1n) is 6.00. The Morgan fingerprint density at radius 2 is 1.79 bits per heavy atom. The highest BCUT2D eigenvalue weighted by Crippen LogP contribution is 2.40. The van der Waals surface area contributed by atoms with Crippen LogP contribution in [-0.2, 0) is 0 Å². The summed E-state index contributed by atoms with van der Waals surface area (Å²) in [6.45, 7) is 2.05. The molecule has 2 unspecified atom stereocenters. The first-order chi connectivity index (χ1) is 9.08. The predicted octanol–water partition coefficient (Wildman–Crippen LogP) is 5.39. The lowest BCUT2D eigenvalue weighted by Gasteiger charge is -2.22. The second-order valence-corrected chi connectivity index (χ2v) is 7.36. The summed E-state index contributed by atoms with van der Waals surface area (Å²) in [5.74, 6) is 0. The van der Waals surface area contributed by atoms with Gasteiger partial charge in [-0.1, -0.05) is 56.1 Å². The van der Waals surface area contributed by atoms with E-state index in [0.717, 1.165) is 8.95 Å². The van der Waals surface area contributed by atoms with Crippen molar-refractivity contribution in [2.45, 2.75) is 23.1 Å². The van der Waals surface area contributed by atoms with Crippen LogP contribution in [-0.4, -0.2) is 6.04 Å². The molecule has 0 bridgehead atoms. The lowest BCUT2D eigenvalue weighted by atomic mass is 10.1. The number of hydrogen-bond donors (Lipinski definition) is 1. The molecule has 2 N–H and O–H groups in total. The van der Waals surface area contributed by atoms with E-state index in [0.29, 0.717) is 0 Å². The molecule has 0 saturated heterocycles. The maximum atomic E-state index is 6.17. The van der Waals surface area contributed by atoms with E-state index in [9.17, 15) is 0 Å². The van der Waals surface area contributed by atoms with Gasteiger partial charge in [-0.2, -0.15) is 0 Å². The third kappa shape index (κ3) is 4.09. The quantitative estimate of drug-likeness (QED) is 0.696. The minimum atomic E-state index is 0.0719. The second kappa shape index (κ2) is 6.93. The van der Waals surface area contributed by atoms with Gasteiger partial charge in [0.1, 0.15) is 0 Å². The number of benzene rings is 2. The van der Waals surface area contributed by atoms with Crippen molar-refractivity contribution in [2.24, 2.45) is 5.73 Å². The van der Waals surface area contributed by atoms with Gasteiger partial charge in [0.15, 0.2) is 0 Å². The van der Waals surface area contributed by atoms with Gasteiger partial charge in [-0.3, -0.25) is 0 Å². The van der Waals surface area contributed by atoms with Crippen LogP contribution in [0.3, 0.4) is 0 Å². The number of hydrogen-bond acceptors (Lipinski definition) is 2. The maximum absolute atomic E-state index is 6.17. The third-order valence-electron chi connectivity index (χ3n) is 2.75. The largest absolute Gasteiger partial charge is 0.327 e. The second-order valence-electron chi connectivity index (χ2n) is 4.38. The lowest BCUT2D eigenvalue weighted by molar-refractivity contribution is 0.719. The Morgan fingerprint density at radius 1 is 1.05 bits per heavy atom. The van der Waals surface area contributed by atoms with Crippen LogP contribution in [0.4, 0.5) is 0 Å². The summed E-state index contributed by atoms with van der Waals surface area (Å²) in [5, 5.41) is 0.227. The molecule has 4 heteroatoms. The van der Waals surface area contributed by atoms with Crippen molar-refractivity contribution in [3.05, 3.63) is 63.0 Å². The molecule has 19 heavy (non-hydrogen) atoms. The maximum Gasteiger partial charge on any atom is 0.0504 e. The van der Waals surface area contributed by atoms with E-state index in [1.165, 1.54) is 10.5 Å². The Balaban J connectivity index is 2.29. The monoisotopic (exact) mass is 399 g/mol. The van der Waals surface area contributed by atoms with Crippen LogP contribution in [0, 0.1) is 0 Å². The molecular formula is C15H15Br2NS. The minimum Gasteiger partial charge on any atom is -0.327 e. The van der Waals surface area contributed by atoms with Gasteiger partial charge in [-0.25, -0.2) is 0 Å². The molecule has 2 aromatic carbocycles. The Labute approximate surface area is 135 Å². The fourth-order valence-electron chi connectivity index (χ4n) is 1.85. The van der Waals surface area contributed by atoms with Crippen molar-refractivity contribution in [3.8, 4) is 0 Å². The molecule has 0 amide bonds. The first-order valence-corrected chi connectivity index (χ1v) is 8.46. The standard InChI is InChI=1S/C15H15Br2NS/c1-10(18)15(13-7-2-3-8-14(13)17)19-12-6-4-5-11(16)9-12/h2-10,15H,18H2,1H3. The van der Waals surface area contributed by atoms with E-state index >= 15 is 0 Å². The molecular weight excluding hydrogens is 386 g/mol. The predicted molar refractivity (Wildman–Crippen MR) is 90.5 cm³/mol. The molecule has 2 rings (SSSR count). The molecule has 0 radical (unpaired) electrons. The van der Waals surface area contributed by atoms with E-state index in [2.05, 4.69) is 69.1 Å². The van der Waals surface area contributed by atoms with Gasteiger partial charge in [0, 0.05) is 19.9 Å². The third-order valence-corrected chi connectivity index (χ3v) is 5.43. The molecule has 1 nitrogen and oxygen atoms in total. The highest BCUT2D eigenvalue weighted by molar-refractivity contribution is 9.10. The Kier molecular flexibility index (Phi) is 5.51. The summed E-state index contributed by atoms with van der Waals surface area (Å²) in [6, 6.07) is 16.6. The minimum absolute atomic E-state index is 0.0719. The van der Waals surface area contributed by atoms with Crippen LogP contribution in [0.15, 0.2) is 62.4 Å². The summed E-state index contributed by atoms with van der Waals surface area (Å²) < 4.78 is 2.20. The highest BCUT2D eigenvalue weighted by Gasteiger charge is 2.19. The van der Waals surface area contributed by atoms with Gasteiger partial charge >= 0.3 is 0 Å². The molecule has 0 aliphatic rings. The van der Waals surface area contributed by atoms with E-state index in [1.54, 1.807) is 11.8 Å². The van der Waals surface area contributed by atoms with Crippen molar-refractivity contribution in [1.82, 2.24) is 0 Å². The molecule has 0 saturated carbocycles. The summed E-state index contributed by atoms with van der Waals surface area (Å²) in [4.78, 5) is 1.22. The van der Waals surface area contributed by atoms with Gasteiger partial charge in [-0.15, -0.1) is 11.8 Å². The average Bonchev–Trinajstić information content (AvgIpc) is 2.37. The van der Waals surface area contributed by atoms with Crippen LogP contribution in [0.1, 0.15) is 17.7 Å². The first kappa shape index (κ1) is 15.1. The van der Waals surface area contributed by atoms with Gasteiger partial charge < -0.3 is 5.73 Å². The summed E-state index contributed by atoms with van der Waals surface area (Å²) >= 11 is 8.91. The molecule has 0 spiro atoms.